The van der Waals surface area contributed by atoms with Crippen molar-refractivity contribution in [2.75, 3.05) is 13.1 Å². The Labute approximate surface area is 83.8 Å². The molecule has 0 aromatic rings. The van der Waals surface area contributed by atoms with Crippen LogP contribution in [0.4, 0.5) is 0 Å². The molecule has 0 atom stereocenters. The third-order valence-electron chi connectivity index (χ3n) is 2.11. The van der Waals surface area contributed by atoms with Crippen LogP contribution in [0, 0.1) is 6.08 Å². The van der Waals surface area contributed by atoms with Crippen LogP contribution in [0.25, 0.3) is 0 Å². The average Bonchev–Trinajstić information content (AvgIpc) is 2.72. The van der Waals surface area contributed by atoms with Crippen LogP contribution >= 0.6 is 0 Å². The molecule has 3 nitrogen and oxygen atoms in total. The van der Waals surface area contributed by atoms with Crippen molar-refractivity contribution in [3.63, 3.8) is 0 Å². The van der Waals surface area contributed by atoms with E-state index in [0.717, 1.165) is 0 Å². The zero-order valence-corrected chi connectivity index (χ0v) is 8.37. The van der Waals surface area contributed by atoms with Crippen LogP contribution in [-0.2, 0) is 10.0 Å². The predicted molar refractivity (Wildman–Crippen MR) is 54.7 cm³/mol. The van der Waals surface area contributed by atoms with Crippen LogP contribution in [0.3, 0.4) is 0 Å². The number of hydrogen-bond acceptors (Lipinski definition) is 2. The molecule has 4 heteroatoms. The Bertz CT molecular complexity index is 433. The van der Waals surface area contributed by atoms with Gasteiger partial charge in [-0.15, -0.1) is 0 Å². The van der Waals surface area contributed by atoms with Crippen molar-refractivity contribution in [1.29, 1.82) is 0 Å². The first-order chi connectivity index (χ1) is 6.71. The Morgan fingerprint density at radius 3 is 2.57 bits per heavy atom. The number of sulfonamides is 1. The van der Waals surface area contributed by atoms with E-state index in [1.165, 1.54) is 4.31 Å². The van der Waals surface area contributed by atoms with Gasteiger partial charge < -0.3 is 0 Å². The highest BCUT2D eigenvalue weighted by atomic mass is 32.2. The molecule has 0 bridgehead atoms. The van der Waals surface area contributed by atoms with Gasteiger partial charge in [-0.1, -0.05) is 12.2 Å². The normalized spacial score (nSPS) is 21.0. The lowest BCUT2D eigenvalue weighted by atomic mass is 10.3. The van der Waals surface area contributed by atoms with E-state index in [2.05, 4.69) is 6.08 Å². The van der Waals surface area contributed by atoms with Gasteiger partial charge in [0.2, 0.25) is 0 Å². The van der Waals surface area contributed by atoms with Crippen molar-refractivity contribution >= 4 is 10.0 Å². The molecule has 0 fully saturated rings. The molecule has 72 valence electrons. The number of allylic oxidation sites excluding steroid dienone is 5. The smallest absolute Gasteiger partial charge is 0.204 e. The highest BCUT2D eigenvalue weighted by Crippen LogP contribution is 2.18. The van der Waals surface area contributed by atoms with E-state index in [9.17, 15) is 8.42 Å². The molecule has 0 amide bonds. The molecule has 0 spiro atoms. The number of hydrogen-bond donors (Lipinski definition) is 0. The summed E-state index contributed by atoms with van der Waals surface area (Å²) >= 11 is 0. The van der Waals surface area contributed by atoms with E-state index >= 15 is 0 Å². The largest absolute Gasteiger partial charge is 0.268 e. The van der Waals surface area contributed by atoms with E-state index in [1.54, 1.807) is 24.3 Å². The maximum absolute atomic E-state index is 11.9. The summed E-state index contributed by atoms with van der Waals surface area (Å²) < 4.78 is 25.2. The van der Waals surface area contributed by atoms with Crippen LogP contribution < -0.4 is 0 Å². The van der Waals surface area contributed by atoms with E-state index in [-0.39, 0.29) is 0 Å². The van der Waals surface area contributed by atoms with Gasteiger partial charge >= 0.3 is 0 Å². The lowest BCUT2D eigenvalue weighted by Gasteiger charge is -2.13. The van der Waals surface area contributed by atoms with Gasteiger partial charge in [-0.2, -0.15) is 4.31 Å². The van der Waals surface area contributed by atoms with Crippen molar-refractivity contribution < 1.29 is 8.42 Å². The molecule has 2 rings (SSSR count). The predicted octanol–water partition coefficient (Wildman–Crippen LogP) is 1.00. The van der Waals surface area contributed by atoms with Crippen molar-refractivity contribution in [3.8, 4) is 0 Å². The Morgan fingerprint density at radius 2 is 2.00 bits per heavy atom. The molecule has 1 aliphatic heterocycles. The fourth-order valence-corrected chi connectivity index (χ4v) is 2.69. The summed E-state index contributed by atoms with van der Waals surface area (Å²) in [6.45, 7) is 0.946. The minimum absolute atomic E-state index is 0.333. The molecule has 0 radical (unpaired) electrons. The van der Waals surface area contributed by atoms with Crippen LogP contribution in [-0.4, -0.2) is 25.8 Å². The average molecular weight is 208 g/mol. The standard InChI is InChI=1S/C10H10NO2S/c12-14(13,11-8-4-5-9-11)10-6-2-1-3-7-10/h2-7H,8-9H2/q+1. The zero-order chi connectivity index (χ0) is 10.0. The summed E-state index contributed by atoms with van der Waals surface area (Å²) in [5.41, 5.74) is 0. The van der Waals surface area contributed by atoms with E-state index < -0.39 is 10.0 Å². The van der Waals surface area contributed by atoms with Gasteiger partial charge in [0.1, 0.15) is 12.2 Å². The van der Waals surface area contributed by atoms with Gasteiger partial charge in [0.25, 0.3) is 10.0 Å². The molecule has 0 N–H and O–H groups in total. The van der Waals surface area contributed by atoms with E-state index in [4.69, 9.17) is 0 Å². The molecule has 2 aliphatic rings. The Kier molecular flexibility index (Phi) is 2.33. The minimum atomic E-state index is -3.29. The maximum atomic E-state index is 11.9. The van der Waals surface area contributed by atoms with Gasteiger partial charge in [-0.25, -0.2) is 8.42 Å². The third kappa shape index (κ3) is 1.55. The summed E-state index contributed by atoms with van der Waals surface area (Å²) in [5, 5.41) is 0. The van der Waals surface area contributed by atoms with Crippen molar-refractivity contribution in [3.05, 3.63) is 47.4 Å². The van der Waals surface area contributed by atoms with Crippen LogP contribution in [0.1, 0.15) is 0 Å². The molecule has 0 aromatic carbocycles. The van der Waals surface area contributed by atoms with Crippen LogP contribution in [0.15, 0.2) is 41.4 Å². The van der Waals surface area contributed by atoms with Gasteiger partial charge in [0.15, 0.2) is 4.91 Å². The Hall–Kier alpha value is -1.22. The second kappa shape index (κ2) is 3.50. The fraction of sp³-hybridized carbons (Fsp3) is 0.200. The summed E-state index contributed by atoms with van der Waals surface area (Å²) in [7, 11) is -3.29. The van der Waals surface area contributed by atoms with Crippen LogP contribution in [0.2, 0.25) is 0 Å². The molecular formula is C10H10NO2S+. The molecular weight excluding hydrogens is 198 g/mol. The Balaban J connectivity index is 2.28. The molecule has 14 heavy (non-hydrogen) atoms. The van der Waals surface area contributed by atoms with Gasteiger partial charge in [0, 0.05) is 19.2 Å². The number of rotatable bonds is 2. The second-order valence-electron chi connectivity index (χ2n) is 3.03. The monoisotopic (exact) mass is 208 g/mol. The van der Waals surface area contributed by atoms with Gasteiger partial charge in [0.05, 0.1) is 12.2 Å². The molecule has 0 unspecified atom stereocenters. The van der Waals surface area contributed by atoms with Gasteiger partial charge in [-0.3, -0.25) is 0 Å². The van der Waals surface area contributed by atoms with E-state index in [1.807, 2.05) is 12.2 Å². The lowest BCUT2D eigenvalue weighted by Crippen LogP contribution is -2.29. The topological polar surface area (TPSA) is 37.4 Å². The third-order valence-corrected chi connectivity index (χ3v) is 3.96. The molecule has 1 heterocycles. The molecule has 0 aromatic heterocycles. The summed E-state index contributed by atoms with van der Waals surface area (Å²) in [5.74, 6) is 0. The van der Waals surface area contributed by atoms with Crippen molar-refractivity contribution in [1.82, 2.24) is 4.31 Å². The molecule has 0 saturated heterocycles. The summed E-state index contributed by atoms with van der Waals surface area (Å²) in [4.78, 5) is 0.333. The minimum Gasteiger partial charge on any atom is -0.204 e. The molecule has 1 aliphatic carbocycles. The maximum Gasteiger partial charge on any atom is 0.268 e. The van der Waals surface area contributed by atoms with E-state index in [0.29, 0.717) is 18.0 Å². The first-order valence-corrected chi connectivity index (χ1v) is 5.76. The quantitative estimate of drug-likeness (QED) is 0.501. The highest BCUT2D eigenvalue weighted by Gasteiger charge is 2.29. The SMILES string of the molecule is O=S(=O)(C1=CC=[C+]C=C1)N1CC=CC1. The number of nitrogens with zero attached hydrogens (tertiary/aromatic N) is 1. The zero-order valence-electron chi connectivity index (χ0n) is 7.55. The first kappa shape index (κ1) is 9.34. The Morgan fingerprint density at radius 1 is 1.29 bits per heavy atom. The van der Waals surface area contributed by atoms with Gasteiger partial charge in [-0.05, 0) is 0 Å². The van der Waals surface area contributed by atoms with Crippen molar-refractivity contribution in [2.45, 2.75) is 0 Å². The summed E-state index contributed by atoms with van der Waals surface area (Å²) in [6.07, 6.45) is 12.8. The van der Waals surface area contributed by atoms with Crippen LogP contribution in [0.5, 0.6) is 0 Å². The van der Waals surface area contributed by atoms with Crippen molar-refractivity contribution in [2.24, 2.45) is 0 Å². The second-order valence-corrected chi connectivity index (χ2v) is 4.97. The first-order valence-electron chi connectivity index (χ1n) is 4.32. The fourth-order valence-electron chi connectivity index (χ4n) is 1.35. The highest BCUT2D eigenvalue weighted by molar-refractivity contribution is 7.93. The molecule has 0 saturated carbocycles. The lowest BCUT2D eigenvalue weighted by molar-refractivity contribution is 0.495. The summed E-state index contributed by atoms with van der Waals surface area (Å²) in [6, 6.07) is 0.